The molecule has 2 heterocycles. The van der Waals surface area contributed by atoms with Gasteiger partial charge in [0.2, 0.25) is 0 Å². The molecule has 8 heteroatoms. The Morgan fingerprint density at radius 1 is 1.03 bits per heavy atom. The van der Waals surface area contributed by atoms with Crippen LogP contribution in [-0.4, -0.2) is 49.0 Å². The van der Waals surface area contributed by atoms with Gasteiger partial charge in [-0.05, 0) is 36.4 Å². The maximum Gasteiger partial charge on any atom is 0.262 e. The highest BCUT2D eigenvalue weighted by atomic mass is 16.5. The Labute approximate surface area is 174 Å². The number of carbonyl (C=O) groups excluding carboxylic acids is 1. The number of aromatic nitrogens is 2. The summed E-state index contributed by atoms with van der Waals surface area (Å²) in [5.74, 6) is 1.10. The summed E-state index contributed by atoms with van der Waals surface area (Å²) in [5.41, 5.74) is 2.55. The molecule has 154 valence electrons. The van der Waals surface area contributed by atoms with Crippen LogP contribution in [-0.2, 0) is 9.53 Å². The van der Waals surface area contributed by atoms with Crippen LogP contribution >= 0.6 is 0 Å². The molecule has 2 aromatic carbocycles. The molecular formula is C22H23N5O3. The van der Waals surface area contributed by atoms with E-state index in [1.54, 1.807) is 6.20 Å². The number of hydrogen-bond acceptors (Lipinski definition) is 7. The van der Waals surface area contributed by atoms with Crippen LogP contribution in [0.2, 0.25) is 0 Å². The van der Waals surface area contributed by atoms with Crippen molar-refractivity contribution in [1.29, 1.82) is 0 Å². The van der Waals surface area contributed by atoms with Crippen molar-refractivity contribution >= 4 is 28.8 Å². The lowest BCUT2D eigenvalue weighted by molar-refractivity contribution is -0.118. The van der Waals surface area contributed by atoms with Crippen LogP contribution in [0.5, 0.6) is 5.75 Å². The Morgan fingerprint density at radius 2 is 1.77 bits per heavy atom. The number of amides is 1. The van der Waals surface area contributed by atoms with Crippen molar-refractivity contribution in [2.75, 3.05) is 48.4 Å². The average molecular weight is 405 g/mol. The highest BCUT2D eigenvalue weighted by Gasteiger charge is 2.12. The summed E-state index contributed by atoms with van der Waals surface area (Å²) in [6.45, 7) is 3.07. The zero-order valence-corrected chi connectivity index (χ0v) is 16.5. The van der Waals surface area contributed by atoms with Gasteiger partial charge in [-0.1, -0.05) is 18.2 Å². The Morgan fingerprint density at radius 3 is 2.53 bits per heavy atom. The van der Waals surface area contributed by atoms with Crippen molar-refractivity contribution in [2.45, 2.75) is 0 Å². The van der Waals surface area contributed by atoms with E-state index in [1.807, 2.05) is 60.7 Å². The molecular weight excluding hydrogens is 382 g/mol. The maximum absolute atomic E-state index is 12.1. The molecule has 1 fully saturated rings. The summed E-state index contributed by atoms with van der Waals surface area (Å²) in [5, 5.41) is 14.3. The molecule has 1 aliphatic rings. The first-order valence-corrected chi connectivity index (χ1v) is 9.76. The molecule has 4 rings (SSSR count). The molecule has 2 N–H and O–H groups in total. The highest BCUT2D eigenvalue weighted by Crippen LogP contribution is 2.21. The number of anilines is 4. The van der Waals surface area contributed by atoms with Gasteiger partial charge in [0, 0.05) is 30.5 Å². The number of para-hydroxylation sites is 1. The van der Waals surface area contributed by atoms with E-state index in [4.69, 9.17) is 9.47 Å². The molecule has 0 radical (unpaired) electrons. The van der Waals surface area contributed by atoms with Crippen LogP contribution in [0.15, 0.2) is 66.9 Å². The standard InChI is InChI=1S/C22H23N5O3/c28-22(16-30-20-4-2-1-3-5-20)25-18-8-6-17(7-9-18)24-21-14-19(15-23-26-21)27-10-12-29-13-11-27/h1-9,14-15H,10-13,16H2,(H,24,26)(H,25,28). The van der Waals surface area contributed by atoms with Crippen LogP contribution in [0.4, 0.5) is 22.9 Å². The van der Waals surface area contributed by atoms with Gasteiger partial charge < -0.3 is 25.0 Å². The fourth-order valence-corrected chi connectivity index (χ4v) is 3.06. The summed E-state index contributed by atoms with van der Waals surface area (Å²) in [7, 11) is 0. The number of morpholine rings is 1. The van der Waals surface area contributed by atoms with Gasteiger partial charge in [0.15, 0.2) is 12.4 Å². The molecule has 1 amide bonds. The zero-order chi connectivity index (χ0) is 20.6. The molecule has 0 bridgehead atoms. The van der Waals surface area contributed by atoms with Crippen molar-refractivity contribution in [3.05, 3.63) is 66.9 Å². The van der Waals surface area contributed by atoms with E-state index in [9.17, 15) is 4.79 Å². The zero-order valence-electron chi connectivity index (χ0n) is 16.5. The van der Waals surface area contributed by atoms with Gasteiger partial charge in [-0.15, -0.1) is 5.10 Å². The van der Waals surface area contributed by atoms with Crippen LogP contribution in [0.25, 0.3) is 0 Å². The number of hydrogen-bond donors (Lipinski definition) is 2. The number of benzene rings is 2. The number of ether oxygens (including phenoxy) is 2. The minimum atomic E-state index is -0.219. The second-order valence-corrected chi connectivity index (χ2v) is 6.75. The van der Waals surface area contributed by atoms with Gasteiger partial charge in [0.05, 0.1) is 25.1 Å². The summed E-state index contributed by atoms with van der Waals surface area (Å²) in [6.07, 6.45) is 1.76. The third-order valence-corrected chi connectivity index (χ3v) is 4.57. The fraction of sp³-hybridized carbons (Fsp3) is 0.227. The summed E-state index contributed by atoms with van der Waals surface area (Å²) < 4.78 is 10.8. The average Bonchev–Trinajstić information content (AvgIpc) is 2.80. The van der Waals surface area contributed by atoms with Gasteiger partial charge in [-0.25, -0.2) is 0 Å². The Bertz CT molecular complexity index is 960. The van der Waals surface area contributed by atoms with Crippen molar-refractivity contribution in [3.63, 3.8) is 0 Å². The van der Waals surface area contributed by atoms with Gasteiger partial charge in [0.25, 0.3) is 5.91 Å². The molecule has 3 aromatic rings. The SMILES string of the molecule is O=C(COc1ccccc1)Nc1ccc(Nc2cc(N3CCOCC3)cnn2)cc1. The normalized spacial score (nSPS) is 13.5. The predicted molar refractivity (Wildman–Crippen MR) is 115 cm³/mol. The quantitative estimate of drug-likeness (QED) is 0.624. The lowest BCUT2D eigenvalue weighted by Crippen LogP contribution is -2.36. The number of nitrogens with one attached hydrogen (secondary N) is 2. The molecule has 30 heavy (non-hydrogen) atoms. The number of rotatable bonds is 7. The predicted octanol–water partition coefficient (Wildman–Crippen LogP) is 3.07. The number of carbonyl (C=O) groups is 1. The molecule has 0 atom stereocenters. The van der Waals surface area contributed by atoms with E-state index in [0.717, 1.165) is 24.5 Å². The Hall–Kier alpha value is -3.65. The largest absolute Gasteiger partial charge is 0.484 e. The van der Waals surface area contributed by atoms with Crippen LogP contribution < -0.4 is 20.3 Å². The van der Waals surface area contributed by atoms with Crippen LogP contribution in [0.1, 0.15) is 0 Å². The molecule has 1 aromatic heterocycles. The van der Waals surface area contributed by atoms with Crippen LogP contribution in [0, 0.1) is 0 Å². The summed E-state index contributed by atoms with van der Waals surface area (Å²) in [6, 6.07) is 18.6. The smallest absolute Gasteiger partial charge is 0.262 e. The summed E-state index contributed by atoms with van der Waals surface area (Å²) in [4.78, 5) is 14.3. The van der Waals surface area contributed by atoms with Crippen molar-refractivity contribution < 1.29 is 14.3 Å². The van der Waals surface area contributed by atoms with Gasteiger partial charge in [-0.2, -0.15) is 5.10 Å². The van der Waals surface area contributed by atoms with Crippen molar-refractivity contribution in [1.82, 2.24) is 10.2 Å². The van der Waals surface area contributed by atoms with Gasteiger partial charge >= 0.3 is 0 Å². The second-order valence-electron chi connectivity index (χ2n) is 6.75. The topological polar surface area (TPSA) is 88.6 Å². The molecule has 1 saturated heterocycles. The maximum atomic E-state index is 12.1. The lowest BCUT2D eigenvalue weighted by Gasteiger charge is -2.28. The van der Waals surface area contributed by atoms with Crippen molar-refractivity contribution in [2.24, 2.45) is 0 Å². The lowest BCUT2D eigenvalue weighted by atomic mass is 10.2. The highest BCUT2D eigenvalue weighted by molar-refractivity contribution is 5.92. The first-order chi connectivity index (χ1) is 14.8. The van der Waals surface area contributed by atoms with E-state index >= 15 is 0 Å². The summed E-state index contributed by atoms with van der Waals surface area (Å²) >= 11 is 0. The van der Waals surface area contributed by atoms with Gasteiger partial charge in [0.1, 0.15) is 5.75 Å². The van der Waals surface area contributed by atoms with Crippen molar-refractivity contribution in [3.8, 4) is 5.75 Å². The van der Waals surface area contributed by atoms with E-state index in [2.05, 4.69) is 25.7 Å². The third kappa shape index (κ3) is 5.45. The minimum absolute atomic E-state index is 0.0477. The van der Waals surface area contributed by atoms with E-state index in [-0.39, 0.29) is 12.5 Å². The minimum Gasteiger partial charge on any atom is -0.484 e. The second kappa shape index (κ2) is 9.71. The first kappa shape index (κ1) is 19.7. The molecule has 0 spiro atoms. The molecule has 1 aliphatic heterocycles. The van der Waals surface area contributed by atoms with E-state index in [1.165, 1.54) is 0 Å². The van der Waals surface area contributed by atoms with E-state index < -0.39 is 0 Å². The number of nitrogens with zero attached hydrogens (tertiary/aromatic N) is 3. The Kier molecular flexibility index (Phi) is 6.36. The molecule has 0 aliphatic carbocycles. The van der Waals surface area contributed by atoms with Crippen LogP contribution in [0.3, 0.4) is 0 Å². The van der Waals surface area contributed by atoms with E-state index in [0.29, 0.717) is 30.5 Å². The fourth-order valence-electron chi connectivity index (χ4n) is 3.06. The molecule has 0 unspecified atom stereocenters. The monoisotopic (exact) mass is 405 g/mol. The first-order valence-electron chi connectivity index (χ1n) is 9.76. The third-order valence-electron chi connectivity index (χ3n) is 4.57. The van der Waals surface area contributed by atoms with Gasteiger partial charge in [-0.3, -0.25) is 4.79 Å². The Balaban J connectivity index is 1.31. The molecule has 0 saturated carbocycles. The molecule has 8 nitrogen and oxygen atoms in total.